The summed E-state index contributed by atoms with van der Waals surface area (Å²) in [4.78, 5) is 1.31. The third-order valence-corrected chi connectivity index (χ3v) is 6.32. The zero-order chi connectivity index (χ0) is 14.5. The molecule has 4 atom stereocenters. The van der Waals surface area contributed by atoms with Crippen molar-refractivity contribution in [3.8, 4) is 0 Å². The van der Waals surface area contributed by atoms with E-state index in [-0.39, 0.29) is 0 Å². The number of nitrogens with two attached hydrogens (primary N) is 1. The minimum Gasteiger partial charge on any atom is -0.271 e. The van der Waals surface area contributed by atoms with Gasteiger partial charge in [-0.2, -0.15) is 0 Å². The summed E-state index contributed by atoms with van der Waals surface area (Å²) in [6, 6.07) is 8.93. The molecule has 0 spiro atoms. The quantitative estimate of drug-likeness (QED) is 0.465. The molecule has 2 nitrogen and oxygen atoms in total. The van der Waals surface area contributed by atoms with E-state index in [2.05, 4.69) is 59.5 Å². The summed E-state index contributed by atoms with van der Waals surface area (Å²) in [5.74, 6) is 9.25. The maximum absolute atomic E-state index is 5.80. The first-order valence-electron chi connectivity index (χ1n) is 7.44. The Kier molecular flexibility index (Phi) is 6.40. The summed E-state index contributed by atoms with van der Waals surface area (Å²) < 4.78 is 1.13. The fraction of sp³-hybridized carbons (Fsp3) is 0.625. The number of thioether (sulfide) groups is 1. The molecule has 1 saturated carbocycles. The van der Waals surface area contributed by atoms with Crippen molar-refractivity contribution in [1.82, 2.24) is 5.43 Å². The van der Waals surface area contributed by atoms with Crippen LogP contribution in [0.4, 0.5) is 0 Å². The molecule has 0 saturated heterocycles. The summed E-state index contributed by atoms with van der Waals surface area (Å²) in [5, 5.41) is 0. The van der Waals surface area contributed by atoms with Crippen LogP contribution in [-0.4, -0.2) is 11.8 Å². The van der Waals surface area contributed by atoms with Crippen LogP contribution in [0.1, 0.15) is 33.1 Å². The van der Waals surface area contributed by atoms with Crippen LogP contribution in [0.3, 0.4) is 0 Å². The lowest BCUT2D eigenvalue weighted by atomic mass is 9.73. The van der Waals surface area contributed by atoms with Gasteiger partial charge in [0.25, 0.3) is 0 Å². The van der Waals surface area contributed by atoms with Gasteiger partial charge in [-0.3, -0.25) is 11.3 Å². The molecule has 1 fully saturated rings. The molecule has 1 aliphatic rings. The summed E-state index contributed by atoms with van der Waals surface area (Å²) in [5.41, 5.74) is 3.06. The Morgan fingerprint density at radius 1 is 1.25 bits per heavy atom. The average Bonchev–Trinajstić information content (AvgIpc) is 2.45. The van der Waals surface area contributed by atoms with Gasteiger partial charge in [-0.1, -0.05) is 36.2 Å². The highest BCUT2D eigenvalue weighted by molar-refractivity contribution is 9.10. The van der Waals surface area contributed by atoms with Gasteiger partial charge in [0.2, 0.25) is 0 Å². The van der Waals surface area contributed by atoms with E-state index < -0.39 is 0 Å². The van der Waals surface area contributed by atoms with Gasteiger partial charge < -0.3 is 0 Å². The first kappa shape index (κ1) is 16.3. The summed E-state index contributed by atoms with van der Waals surface area (Å²) in [7, 11) is 0. The number of hydrazine groups is 1. The molecule has 20 heavy (non-hydrogen) atoms. The second kappa shape index (κ2) is 7.83. The van der Waals surface area contributed by atoms with Crippen molar-refractivity contribution in [2.45, 2.75) is 44.0 Å². The zero-order valence-corrected chi connectivity index (χ0v) is 14.7. The molecule has 3 N–H and O–H groups in total. The third kappa shape index (κ3) is 4.48. The molecule has 1 aromatic carbocycles. The highest BCUT2D eigenvalue weighted by atomic mass is 79.9. The largest absolute Gasteiger partial charge is 0.271 e. The summed E-state index contributed by atoms with van der Waals surface area (Å²) >= 11 is 5.37. The van der Waals surface area contributed by atoms with Gasteiger partial charge in [0.05, 0.1) is 0 Å². The summed E-state index contributed by atoms with van der Waals surface area (Å²) in [6.07, 6.45) is 3.95. The van der Waals surface area contributed by atoms with Gasteiger partial charge in [0.1, 0.15) is 0 Å². The Bertz CT molecular complexity index is 409. The Balaban J connectivity index is 1.87. The molecule has 2 rings (SSSR count). The molecule has 4 heteroatoms. The highest BCUT2D eigenvalue weighted by Crippen LogP contribution is 2.36. The van der Waals surface area contributed by atoms with E-state index in [9.17, 15) is 0 Å². The van der Waals surface area contributed by atoms with Crippen LogP contribution in [0, 0.1) is 17.8 Å². The number of hydrogen-bond acceptors (Lipinski definition) is 3. The van der Waals surface area contributed by atoms with E-state index in [1.165, 1.54) is 24.2 Å². The molecule has 0 bridgehead atoms. The van der Waals surface area contributed by atoms with Crippen LogP contribution in [-0.2, 0) is 0 Å². The number of halogens is 1. The standard InChI is InChI=1S/C16H25BrN2S/c1-11-3-4-13(9-12(11)2)16(19-18)10-20-15-7-5-14(17)6-8-15/h5-8,11-13,16,19H,3-4,9-10,18H2,1-2H3. The second-order valence-electron chi connectivity index (χ2n) is 6.07. The van der Waals surface area contributed by atoms with Crippen molar-refractivity contribution in [2.75, 3.05) is 5.75 Å². The van der Waals surface area contributed by atoms with Gasteiger partial charge in [-0.05, 0) is 54.9 Å². The van der Waals surface area contributed by atoms with E-state index >= 15 is 0 Å². The molecule has 112 valence electrons. The normalized spacial score (nSPS) is 28.3. The minimum atomic E-state index is 0.415. The molecule has 0 heterocycles. The van der Waals surface area contributed by atoms with Crippen LogP contribution in [0.5, 0.6) is 0 Å². The molecule has 0 radical (unpaired) electrons. The molecule has 4 unspecified atom stereocenters. The minimum absolute atomic E-state index is 0.415. The average molecular weight is 357 g/mol. The SMILES string of the molecule is CC1CCC(C(CSc2ccc(Br)cc2)NN)CC1C. The van der Waals surface area contributed by atoms with Crippen LogP contribution in [0.2, 0.25) is 0 Å². The maximum Gasteiger partial charge on any atom is 0.0332 e. The van der Waals surface area contributed by atoms with E-state index in [0.29, 0.717) is 12.0 Å². The Labute approximate surface area is 135 Å². The van der Waals surface area contributed by atoms with Crippen molar-refractivity contribution in [1.29, 1.82) is 0 Å². The van der Waals surface area contributed by atoms with Crippen molar-refractivity contribution < 1.29 is 0 Å². The van der Waals surface area contributed by atoms with E-state index in [4.69, 9.17) is 5.84 Å². The molecule has 0 amide bonds. The van der Waals surface area contributed by atoms with E-state index in [0.717, 1.165) is 22.1 Å². The van der Waals surface area contributed by atoms with Crippen LogP contribution in [0.25, 0.3) is 0 Å². The van der Waals surface area contributed by atoms with Crippen LogP contribution >= 0.6 is 27.7 Å². The molecule has 1 aromatic rings. The van der Waals surface area contributed by atoms with Crippen molar-refractivity contribution in [3.05, 3.63) is 28.7 Å². The van der Waals surface area contributed by atoms with E-state index in [1.54, 1.807) is 0 Å². The van der Waals surface area contributed by atoms with Gasteiger partial charge in [0, 0.05) is 21.2 Å². The third-order valence-electron chi connectivity index (χ3n) is 4.67. The molecule has 0 aromatic heterocycles. The first-order chi connectivity index (χ1) is 9.60. The fourth-order valence-electron chi connectivity index (χ4n) is 2.99. The lowest BCUT2D eigenvalue weighted by molar-refractivity contribution is 0.179. The monoisotopic (exact) mass is 356 g/mol. The predicted octanol–water partition coefficient (Wildman–Crippen LogP) is 4.45. The van der Waals surface area contributed by atoms with Gasteiger partial charge in [-0.25, -0.2) is 0 Å². The van der Waals surface area contributed by atoms with Gasteiger partial charge in [0.15, 0.2) is 0 Å². The predicted molar refractivity (Wildman–Crippen MR) is 91.6 cm³/mol. The van der Waals surface area contributed by atoms with Crippen molar-refractivity contribution in [2.24, 2.45) is 23.6 Å². The second-order valence-corrected chi connectivity index (χ2v) is 8.07. The number of hydrogen-bond donors (Lipinski definition) is 2. The highest BCUT2D eigenvalue weighted by Gasteiger charge is 2.29. The Morgan fingerprint density at radius 3 is 2.55 bits per heavy atom. The number of rotatable bonds is 5. The topological polar surface area (TPSA) is 38.0 Å². The van der Waals surface area contributed by atoms with Crippen LogP contribution in [0.15, 0.2) is 33.6 Å². The lowest BCUT2D eigenvalue weighted by Crippen LogP contribution is -2.45. The Morgan fingerprint density at radius 2 is 1.95 bits per heavy atom. The van der Waals surface area contributed by atoms with Gasteiger partial charge >= 0.3 is 0 Å². The lowest BCUT2D eigenvalue weighted by Gasteiger charge is -2.36. The molecule has 0 aliphatic heterocycles. The number of benzene rings is 1. The number of nitrogens with one attached hydrogen (secondary N) is 1. The molecular weight excluding hydrogens is 332 g/mol. The van der Waals surface area contributed by atoms with Gasteiger partial charge in [-0.15, -0.1) is 11.8 Å². The first-order valence-corrected chi connectivity index (χ1v) is 9.22. The maximum atomic E-state index is 5.80. The van der Waals surface area contributed by atoms with Crippen LogP contribution < -0.4 is 11.3 Å². The van der Waals surface area contributed by atoms with Crippen molar-refractivity contribution >= 4 is 27.7 Å². The summed E-state index contributed by atoms with van der Waals surface area (Å²) in [6.45, 7) is 4.76. The zero-order valence-electron chi connectivity index (χ0n) is 12.3. The smallest absolute Gasteiger partial charge is 0.0332 e. The Hall–Kier alpha value is -0.0300. The van der Waals surface area contributed by atoms with Crippen molar-refractivity contribution in [3.63, 3.8) is 0 Å². The van der Waals surface area contributed by atoms with E-state index in [1.807, 2.05) is 11.8 Å². The molecule has 1 aliphatic carbocycles. The molecular formula is C16H25BrN2S. The fourth-order valence-corrected chi connectivity index (χ4v) is 4.33.